The first-order valence-electron chi connectivity index (χ1n) is 24.1. The normalized spacial score (nSPS) is 18.2. The number of rotatable bonds is 20. The Labute approximate surface area is 382 Å². The molecule has 3 aromatic heterocycles. The minimum Gasteiger partial charge on any atom is -0.468 e. The van der Waals surface area contributed by atoms with Crippen LogP contribution in [-0.4, -0.2) is 51.4 Å². The number of aromatic amines is 2. The van der Waals surface area contributed by atoms with Gasteiger partial charge in [0.25, 0.3) is 0 Å². The third kappa shape index (κ3) is 10.6. The molecule has 0 spiro atoms. The Kier molecular flexibility index (Phi) is 16.1. The number of aryl methyl sites for hydroxylation is 2. The van der Waals surface area contributed by atoms with E-state index in [1.807, 2.05) is 25.1 Å². The van der Waals surface area contributed by atoms with Crippen molar-refractivity contribution in [1.29, 1.82) is 0 Å². The molecule has 0 aromatic carbocycles. The van der Waals surface area contributed by atoms with Crippen LogP contribution in [0.5, 0.6) is 0 Å². The van der Waals surface area contributed by atoms with Crippen LogP contribution in [0.3, 0.4) is 0 Å². The fraction of sp³-hybridized carbons (Fsp3) is 0.545. The van der Waals surface area contributed by atoms with Crippen LogP contribution in [-0.2, 0) is 19.1 Å². The fourth-order valence-electron chi connectivity index (χ4n) is 10.2. The number of esters is 2. The topological polar surface area (TPSA) is 127 Å². The van der Waals surface area contributed by atoms with Crippen LogP contribution in [0.4, 0.5) is 0 Å². The highest BCUT2D eigenvalue weighted by Gasteiger charge is 2.45. The lowest BCUT2D eigenvalue weighted by atomic mass is 9.84. The molecule has 3 aromatic rings. The van der Waals surface area contributed by atoms with E-state index in [1.54, 1.807) is 0 Å². The van der Waals surface area contributed by atoms with Gasteiger partial charge in [-0.1, -0.05) is 105 Å². The van der Waals surface area contributed by atoms with Gasteiger partial charge in [0.05, 0.1) is 29.7 Å². The van der Waals surface area contributed by atoms with E-state index >= 15 is 0 Å². The van der Waals surface area contributed by atoms with Gasteiger partial charge < -0.3 is 19.4 Å². The monoisotopic (exact) mass is 871 g/mol. The van der Waals surface area contributed by atoms with Crippen LogP contribution in [0, 0.1) is 31.6 Å². The van der Waals surface area contributed by atoms with Gasteiger partial charge in [0.15, 0.2) is 5.78 Å². The number of hydrogen-bond donors (Lipinski definition) is 2. The van der Waals surface area contributed by atoms with Crippen molar-refractivity contribution in [3.63, 3.8) is 0 Å². The number of aromatic nitrogens is 4. The van der Waals surface area contributed by atoms with E-state index in [-0.39, 0.29) is 36.6 Å². The van der Waals surface area contributed by atoms with E-state index in [9.17, 15) is 14.4 Å². The van der Waals surface area contributed by atoms with Gasteiger partial charge in [0.1, 0.15) is 12.5 Å². The molecule has 2 N–H and O–H groups in total. The second kappa shape index (κ2) is 21.3. The van der Waals surface area contributed by atoms with Crippen molar-refractivity contribution in [2.24, 2.45) is 17.8 Å². The van der Waals surface area contributed by atoms with Crippen molar-refractivity contribution in [2.45, 2.75) is 164 Å². The number of carbonyl (C=O) groups excluding carboxylic acids is 3. The molecule has 9 nitrogen and oxygen atoms in total. The van der Waals surface area contributed by atoms with Crippen molar-refractivity contribution in [3.8, 4) is 0 Å². The second-order valence-corrected chi connectivity index (χ2v) is 19.6. The number of ketones is 1. The minimum atomic E-state index is -1.18. The van der Waals surface area contributed by atoms with E-state index in [1.165, 1.54) is 57.6 Å². The molecule has 344 valence electrons. The molecule has 0 amide bonds. The number of ether oxygens (including phenoxy) is 2. The Morgan fingerprint density at radius 3 is 2.17 bits per heavy atom. The van der Waals surface area contributed by atoms with Crippen molar-refractivity contribution in [1.82, 2.24) is 19.9 Å². The Bertz CT molecular complexity index is 2480. The lowest BCUT2D eigenvalue weighted by Gasteiger charge is -2.18. The number of H-pyrrole nitrogens is 2. The molecule has 64 heavy (non-hydrogen) atoms. The van der Waals surface area contributed by atoms with Crippen LogP contribution >= 0.6 is 0 Å². The number of fused-ring (bicyclic) bond motifs is 8. The van der Waals surface area contributed by atoms with Crippen LogP contribution in [0.1, 0.15) is 206 Å². The van der Waals surface area contributed by atoms with E-state index in [4.69, 9.17) is 19.4 Å². The molecular weight excluding hydrogens is 797 g/mol. The Hall–Kier alpha value is -5.05. The highest BCUT2D eigenvalue weighted by Crippen LogP contribution is 2.48. The summed E-state index contributed by atoms with van der Waals surface area (Å²) in [5, 5.41) is 0. The van der Waals surface area contributed by atoms with Crippen molar-refractivity contribution in [3.05, 3.63) is 87.0 Å². The van der Waals surface area contributed by atoms with Gasteiger partial charge in [0, 0.05) is 57.2 Å². The summed E-state index contributed by atoms with van der Waals surface area (Å²) in [5.74, 6) is -0.519. The summed E-state index contributed by atoms with van der Waals surface area (Å²) in [6.45, 7) is 26.2. The average Bonchev–Trinajstić information content (AvgIpc) is 3.99. The number of nitrogens with zero attached hydrogens (tertiary/aromatic N) is 2. The summed E-state index contributed by atoms with van der Waals surface area (Å²) >= 11 is 0. The van der Waals surface area contributed by atoms with Gasteiger partial charge in [-0.05, 0) is 118 Å². The molecule has 9 heteroatoms. The molecule has 2 aliphatic heterocycles. The Balaban J connectivity index is 1.24. The van der Waals surface area contributed by atoms with E-state index in [0.717, 1.165) is 98.5 Å². The third-order valence-corrected chi connectivity index (χ3v) is 14.4. The molecule has 3 aliphatic rings. The van der Waals surface area contributed by atoms with E-state index in [0.29, 0.717) is 28.8 Å². The highest BCUT2D eigenvalue weighted by atomic mass is 16.5. The zero-order chi connectivity index (χ0) is 46.4. The smallest absolute Gasteiger partial charge is 0.321 e. The molecule has 0 saturated heterocycles. The van der Waals surface area contributed by atoms with Gasteiger partial charge in [-0.15, -0.1) is 0 Å². The minimum absolute atomic E-state index is 0.149. The molecule has 5 atom stereocenters. The summed E-state index contributed by atoms with van der Waals surface area (Å²) in [6, 6.07) is 6.14. The lowest BCUT2D eigenvalue weighted by molar-refractivity contribution is -0.143. The molecule has 3 unspecified atom stereocenters. The van der Waals surface area contributed by atoms with Gasteiger partial charge in [-0.2, -0.15) is 0 Å². The van der Waals surface area contributed by atoms with Crippen LogP contribution in [0.2, 0.25) is 0 Å². The van der Waals surface area contributed by atoms with Crippen molar-refractivity contribution >= 4 is 57.0 Å². The summed E-state index contributed by atoms with van der Waals surface area (Å²) in [4.78, 5) is 59.0. The summed E-state index contributed by atoms with van der Waals surface area (Å²) < 4.78 is 11.1. The van der Waals surface area contributed by atoms with Gasteiger partial charge >= 0.3 is 11.9 Å². The third-order valence-electron chi connectivity index (χ3n) is 14.4. The number of carbonyl (C=O) groups is 3. The van der Waals surface area contributed by atoms with Crippen LogP contribution in [0.25, 0.3) is 39.3 Å². The average molecular weight is 871 g/mol. The fourth-order valence-corrected chi connectivity index (χ4v) is 10.2. The van der Waals surface area contributed by atoms with Crippen LogP contribution in [0.15, 0.2) is 36.4 Å². The van der Waals surface area contributed by atoms with Gasteiger partial charge in [-0.3, -0.25) is 19.4 Å². The first-order chi connectivity index (χ1) is 30.6. The first-order valence-corrected chi connectivity index (χ1v) is 24.1. The highest BCUT2D eigenvalue weighted by molar-refractivity contribution is 6.23. The first kappa shape index (κ1) is 48.4. The maximum absolute atomic E-state index is 14.4. The molecule has 5 heterocycles. The Morgan fingerprint density at radius 1 is 0.859 bits per heavy atom. The van der Waals surface area contributed by atoms with Gasteiger partial charge in [-0.25, -0.2) is 4.98 Å². The standard InChI is InChI=1S/C55H74N4O5/c1-13-39-35(8)42-28-44-37(10)41(24-25-48(60)64-27-26-34(7)23-17-22-33(6)21-16-20-32(5)19-15-18-31(3)4)52(58-44)50-51(55(62)63-12)54(61)49-38(11)45(59-53(49)50)30-47-40(14-2)36(9)43(57-47)29-46(39)56-42/h13,26,28-33,37,41,51,56,59H,1,14-25,27H2,2-12H3/b34-26+,42-28?,43-29?,44-28?,45-30?,46-29?,47-30?,52-50?/t32?,33?,37-,41-,51?/m0/s1. The zero-order valence-corrected chi connectivity index (χ0v) is 40.7. The summed E-state index contributed by atoms with van der Waals surface area (Å²) in [6.07, 6.45) is 16.6. The number of methoxy groups -OCH3 is 1. The van der Waals surface area contributed by atoms with Crippen LogP contribution < -0.4 is 0 Å². The number of Topliss-reactive ketones (excluding diaryl/α,β-unsaturated/α-hetero) is 1. The lowest BCUT2D eigenvalue weighted by Crippen LogP contribution is -2.21. The largest absolute Gasteiger partial charge is 0.468 e. The maximum atomic E-state index is 14.4. The molecule has 0 fully saturated rings. The number of hydrogen-bond acceptors (Lipinski definition) is 7. The number of allylic oxidation sites excluding steroid dienone is 3. The summed E-state index contributed by atoms with van der Waals surface area (Å²) in [7, 11) is 1.31. The van der Waals surface area contributed by atoms with Crippen molar-refractivity contribution in [2.75, 3.05) is 13.7 Å². The predicted molar refractivity (Wildman–Crippen MR) is 262 cm³/mol. The van der Waals surface area contributed by atoms with E-state index in [2.05, 4.69) is 91.0 Å². The molecule has 1 aliphatic carbocycles. The number of nitrogens with one attached hydrogen (secondary N) is 2. The van der Waals surface area contributed by atoms with Crippen molar-refractivity contribution < 1.29 is 23.9 Å². The second-order valence-electron chi connectivity index (χ2n) is 19.6. The summed E-state index contributed by atoms with van der Waals surface area (Å²) in [5.41, 5.74) is 13.4. The molecule has 0 radical (unpaired) electrons. The molecule has 8 bridgehead atoms. The Morgan fingerprint density at radius 2 is 1.52 bits per heavy atom. The van der Waals surface area contributed by atoms with E-state index < -0.39 is 11.9 Å². The SMILES string of the molecule is C=Cc1c(C)c2cc3nc(c4c5[nH]c(cc6nc(cc1[nH]2)C(C)=C6CC)c(C)c5C(=O)C4C(=O)OC)[C@@H](CCC(=O)OC/C=C(\C)CCCC(C)CCCC(C)CCCC(C)C)[C@@H]3C. The maximum Gasteiger partial charge on any atom is 0.321 e. The molecular formula is C55H74N4O5. The quantitative estimate of drug-likeness (QED) is 0.0657. The van der Waals surface area contributed by atoms with Gasteiger partial charge in [0.2, 0.25) is 0 Å². The molecule has 0 saturated carbocycles. The molecule has 6 rings (SSSR count). The predicted octanol–water partition coefficient (Wildman–Crippen LogP) is 14.0. The zero-order valence-electron chi connectivity index (χ0n) is 40.7.